The van der Waals surface area contributed by atoms with Crippen LogP contribution in [0.2, 0.25) is 0 Å². The molecule has 0 saturated carbocycles. The van der Waals surface area contributed by atoms with Crippen molar-refractivity contribution in [2.45, 2.75) is 13.8 Å². The molecule has 0 fully saturated rings. The molecule has 4 heteroatoms. The van der Waals surface area contributed by atoms with Gasteiger partial charge >= 0.3 is 5.97 Å². The molecule has 0 aliphatic rings. The van der Waals surface area contributed by atoms with Crippen LogP contribution in [0.1, 0.15) is 27.0 Å². The van der Waals surface area contributed by atoms with E-state index in [0.717, 1.165) is 5.56 Å². The molecule has 2 aromatic rings. The number of nitriles is 1. The fraction of sp³-hybridized carbons (Fsp3) is 0.125. The third kappa shape index (κ3) is 2.62. The van der Waals surface area contributed by atoms with Crippen LogP contribution in [0.3, 0.4) is 0 Å². The fourth-order valence-electron chi connectivity index (χ4n) is 1.89. The van der Waals surface area contributed by atoms with Gasteiger partial charge in [0.2, 0.25) is 0 Å². The minimum absolute atomic E-state index is 0.0782. The van der Waals surface area contributed by atoms with Crippen LogP contribution < -0.4 is 4.74 Å². The van der Waals surface area contributed by atoms with Gasteiger partial charge in [-0.25, -0.2) is 4.79 Å². The first-order valence-corrected chi connectivity index (χ1v) is 6.04. The van der Waals surface area contributed by atoms with Crippen LogP contribution in [0.4, 0.5) is 0 Å². The lowest BCUT2D eigenvalue weighted by Crippen LogP contribution is -2.02. The number of rotatable bonds is 3. The average molecular weight is 267 g/mol. The monoisotopic (exact) mass is 267 g/mol. The Kier molecular flexibility index (Phi) is 3.72. The molecule has 1 N–H and O–H groups in total. The zero-order valence-electron chi connectivity index (χ0n) is 11.2. The smallest absolute Gasteiger partial charge is 0.339 e. The summed E-state index contributed by atoms with van der Waals surface area (Å²) in [5, 5.41) is 18.3. The van der Waals surface area contributed by atoms with Gasteiger partial charge in [0, 0.05) is 0 Å². The third-order valence-electron chi connectivity index (χ3n) is 2.91. The van der Waals surface area contributed by atoms with Gasteiger partial charge in [-0.15, -0.1) is 0 Å². The Labute approximate surface area is 116 Å². The molecule has 0 unspecified atom stereocenters. The number of ether oxygens (including phenoxy) is 1. The number of hydrogen-bond donors (Lipinski definition) is 1. The predicted octanol–water partition coefficient (Wildman–Crippen LogP) is 3.67. The molecule has 0 aliphatic carbocycles. The van der Waals surface area contributed by atoms with Crippen molar-refractivity contribution < 1.29 is 14.6 Å². The maximum Gasteiger partial charge on any atom is 0.339 e. The number of nitrogens with zero attached hydrogens (tertiary/aromatic N) is 1. The molecular formula is C16H13NO3. The van der Waals surface area contributed by atoms with Crippen LogP contribution in [0.5, 0.6) is 11.5 Å². The van der Waals surface area contributed by atoms with E-state index in [-0.39, 0.29) is 11.3 Å². The third-order valence-corrected chi connectivity index (χ3v) is 2.91. The number of aryl methyl sites for hydroxylation is 2. The first-order chi connectivity index (χ1) is 9.52. The highest BCUT2D eigenvalue weighted by atomic mass is 16.5. The summed E-state index contributed by atoms with van der Waals surface area (Å²) in [4.78, 5) is 11.2. The second-order valence-electron chi connectivity index (χ2n) is 4.47. The Hall–Kier alpha value is -2.80. The Morgan fingerprint density at radius 2 is 2.00 bits per heavy atom. The van der Waals surface area contributed by atoms with Crippen molar-refractivity contribution in [2.24, 2.45) is 0 Å². The molecule has 2 aromatic carbocycles. The number of aromatic carboxylic acids is 1. The SMILES string of the molecule is Cc1ccc(Oc2c(C)cccc2C(=O)O)c(C#N)c1. The van der Waals surface area contributed by atoms with Gasteiger partial charge in [-0.1, -0.05) is 18.2 Å². The summed E-state index contributed by atoms with van der Waals surface area (Å²) in [6, 6.07) is 12.1. The van der Waals surface area contributed by atoms with Crippen molar-refractivity contribution in [3.63, 3.8) is 0 Å². The summed E-state index contributed by atoms with van der Waals surface area (Å²) >= 11 is 0. The van der Waals surface area contributed by atoms with E-state index in [9.17, 15) is 9.90 Å². The van der Waals surface area contributed by atoms with Gasteiger partial charge in [0.05, 0.1) is 5.56 Å². The van der Waals surface area contributed by atoms with Gasteiger partial charge in [-0.2, -0.15) is 5.26 Å². The Bertz CT molecular complexity index is 714. The molecule has 0 heterocycles. The van der Waals surface area contributed by atoms with Crippen molar-refractivity contribution in [1.82, 2.24) is 0 Å². The van der Waals surface area contributed by atoms with Crippen molar-refractivity contribution in [3.8, 4) is 17.6 Å². The van der Waals surface area contributed by atoms with Crippen molar-refractivity contribution in [2.75, 3.05) is 0 Å². The molecule has 0 aromatic heterocycles. The van der Waals surface area contributed by atoms with E-state index in [0.29, 0.717) is 16.9 Å². The van der Waals surface area contributed by atoms with E-state index in [1.54, 1.807) is 31.2 Å². The number of hydrogen-bond acceptors (Lipinski definition) is 3. The first-order valence-electron chi connectivity index (χ1n) is 6.04. The first kappa shape index (κ1) is 13.6. The quantitative estimate of drug-likeness (QED) is 0.921. The van der Waals surface area contributed by atoms with Gasteiger partial charge in [-0.3, -0.25) is 0 Å². The summed E-state index contributed by atoms with van der Waals surface area (Å²) in [5.41, 5.74) is 2.10. The van der Waals surface area contributed by atoms with Gasteiger partial charge in [-0.05, 0) is 43.2 Å². The van der Waals surface area contributed by atoms with Crippen LogP contribution in [-0.4, -0.2) is 11.1 Å². The standard InChI is InChI=1S/C16H13NO3/c1-10-6-7-14(12(8-10)9-17)20-15-11(2)4-3-5-13(15)16(18)19/h3-8H,1-2H3,(H,18,19). The lowest BCUT2D eigenvalue weighted by atomic mass is 10.1. The molecule has 4 nitrogen and oxygen atoms in total. The zero-order chi connectivity index (χ0) is 14.7. The zero-order valence-corrected chi connectivity index (χ0v) is 11.2. The fourth-order valence-corrected chi connectivity index (χ4v) is 1.89. The summed E-state index contributed by atoms with van der Waals surface area (Å²) in [7, 11) is 0. The lowest BCUT2D eigenvalue weighted by molar-refractivity contribution is 0.0694. The molecule has 0 aliphatic heterocycles. The van der Waals surface area contributed by atoms with Gasteiger partial charge in [0.25, 0.3) is 0 Å². The number of carbonyl (C=O) groups is 1. The average Bonchev–Trinajstić information content (AvgIpc) is 2.42. The summed E-state index contributed by atoms with van der Waals surface area (Å²) < 4.78 is 5.68. The second kappa shape index (κ2) is 5.45. The molecule has 0 atom stereocenters. The van der Waals surface area contributed by atoms with E-state index in [1.165, 1.54) is 6.07 Å². The van der Waals surface area contributed by atoms with E-state index in [4.69, 9.17) is 10.00 Å². The van der Waals surface area contributed by atoms with E-state index in [1.807, 2.05) is 13.0 Å². The predicted molar refractivity (Wildman–Crippen MR) is 74.1 cm³/mol. The Morgan fingerprint density at radius 3 is 2.65 bits per heavy atom. The summed E-state index contributed by atoms with van der Waals surface area (Å²) in [5.74, 6) is -0.440. The van der Waals surface area contributed by atoms with Gasteiger partial charge in [0.1, 0.15) is 23.1 Å². The van der Waals surface area contributed by atoms with Crippen LogP contribution >= 0.6 is 0 Å². The van der Waals surface area contributed by atoms with Crippen molar-refractivity contribution in [1.29, 1.82) is 5.26 Å². The van der Waals surface area contributed by atoms with E-state index < -0.39 is 5.97 Å². The summed E-state index contributed by atoms with van der Waals surface area (Å²) in [6.45, 7) is 3.64. The van der Waals surface area contributed by atoms with Crippen LogP contribution in [0.15, 0.2) is 36.4 Å². The second-order valence-corrected chi connectivity index (χ2v) is 4.47. The minimum Gasteiger partial charge on any atom is -0.478 e. The molecule has 20 heavy (non-hydrogen) atoms. The maximum absolute atomic E-state index is 11.2. The number of carboxylic acid groups (broad SMARTS) is 1. The van der Waals surface area contributed by atoms with E-state index >= 15 is 0 Å². The molecule has 0 amide bonds. The number of carboxylic acids is 1. The molecular weight excluding hydrogens is 254 g/mol. The highest BCUT2D eigenvalue weighted by Crippen LogP contribution is 2.31. The number of benzene rings is 2. The molecule has 100 valence electrons. The van der Waals surface area contributed by atoms with Gasteiger partial charge in [0.15, 0.2) is 0 Å². The van der Waals surface area contributed by atoms with Crippen LogP contribution in [0.25, 0.3) is 0 Å². The van der Waals surface area contributed by atoms with Gasteiger partial charge < -0.3 is 9.84 Å². The lowest BCUT2D eigenvalue weighted by Gasteiger charge is -2.12. The van der Waals surface area contributed by atoms with Crippen molar-refractivity contribution in [3.05, 3.63) is 58.7 Å². The maximum atomic E-state index is 11.2. The highest BCUT2D eigenvalue weighted by Gasteiger charge is 2.15. The highest BCUT2D eigenvalue weighted by molar-refractivity contribution is 5.91. The molecule has 0 bridgehead atoms. The van der Waals surface area contributed by atoms with E-state index in [2.05, 4.69) is 6.07 Å². The molecule has 2 rings (SSSR count). The summed E-state index contributed by atoms with van der Waals surface area (Å²) in [6.07, 6.45) is 0. The topological polar surface area (TPSA) is 70.3 Å². The van der Waals surface area contributed by atoms with Crippen LogP contribution in [-0.2, 0) is 0 Å². The minimum atomic E-state index is -1.06. The molecule has 0 saturated heterocycles. The Morgan fingerprint density at radius 1 is 1.25 bits per heavy atom. The van der Waals surface area contributed by atoms with Crippen molar-refractivity contribution >= 4 is 5.97 Å². The largest absolute Gasteiger partial charge is 0.478 e. The molecule has 0 spiro atoms. The Balaban J connectivity index is 2.51. The van der Waals surface area contributed by atoms with Crippen LogP contribution in [0, 0.1) is 25.2 Å². The normalized spacial score (nSPS) is 9.85. The number of para-hydroxylation sites is 1. The molecule has 0 radical (unpaired) electrons.